The van der Waals surface area contributed by atoms with Crippen molar-refractivity contribution in [1.29, 1.82) is 0 Å². The summed E-state index contributed by atoms with van der Waals surface area (Å²) in [4.78, 5) is 11.1. The fourth-order valence-corrected chi connectivity index (χ4v) is 2.87. The van der Waals surface area contributed by atoms with Gasteiger partial charge >= 0.3 is 6.09 Å². The molecule has 0 aliphatic rings. The van der Waals surface area contributed by atoms with Gasteiger partial charge in [-0.3, -0.25) is 0 Å². The van der Waals surface area contributed by atoms with Crippen molar-refractivity contribution in [3.63, 3.8) is 0 Å². The number of fused-ring (bicyclic) bond motifs is 1. The first-order valence-corrected chi connectivity index (χ1v) is 8.80. The van der Waals surface area contributed by atoms with Crippen molar-refractivity contribution in [3.05, 3.63) is 66.4 Å². The molecular formula is C21H23N3O3. The molecule has 0 unspecified atom stereocenters. The predicted molar refractivity (Wildman–Crippen MR) is 106 cm³/mol. The number of methoxy groups -OCH3 is 1. The number of hydrazone groups is 1. The molecule has 6 heteroatoms. The van der Waals surface area contributed by atoms with Gasteiger partial charge in [-0.1, -0.05) is 43.3 Å². The Morgan fingerprint density at radius 2 is 1.93 bits per heavy atom. The highest BCUT2D eigenvalue weighted by Crippen LogP contribution is 2.21. The van der Waals surface area contributed by atoms with Crippen LogP contribution in [-0.2, 0) is 11.3 Å². The van der Waals surface area contributed by atoms with Gasteiger partial charge in [0.2, 0.25) is 0 Å². The lowest BCUT2D eigenvalue weighted by Crippen LogP contribution is -2.16. The molecule has 0 spiro atoms. The van der Waals surface area contributed by atoms with E-state index in [-0.39, 0.29) is 0 Å². The van der Waals surface area contributed by atoms with Crippen molar-refractivity contribution < 1.29 is 14.3 Å². The third-order valence-corrected chi connectivity index (χ3v) is 4.15. The minimum Gasteiger partial charge on any atom is -0.493 e. The minimum atomic E-state index is -0.596. The van der Waals surface area contributed by atoms with E-state index in [4.69, 9.17) is 4.74 Å². The number of nitrogens with one attached hydrogen (secondary N) is 1. The zero-order valence-corrected chi connectivity index (χ0v) is 15.5. The van der Waals surface area contributed by atoms with Gasteiger partial charge in [-0.15, -0.1) is 0 Å². The predicted octanol–water partition coefficient (Wildman–Crippen LogP) is 4.05. The largest absolute Gasteiger partial charge is 0.493 e. The topological polar surface area (TPSA) is 64.8 Å². The van der Waals surface area contributed by atoms with E-state index in [1.807, 2.05) is 54.7 Å². The highest BCUT2D eigenvalue weighted by Gasteiger charge is 2.10. The zero-order valence-electron chi connectivity index (χ0n) is 15.5. The Hall–Kier alpha value is -3.28. The summed E-state index contributed by atoms with van der Waals surface area (Å²) in [7, 11) is 1.30. The van der Waals surface area contributed by atoms with E-state index in [1.54, 1.807) is 6.21 Å². The Morgan fingerprint density at radius 3 is 2.70 bits per heavy atom. The molecule has 3 aromatic rings. The first-order chi connectivity index (χ1) is 13.2. The Labute approximate surface area is 158 Å². The Balaban J connectivity index is 1.71. The second kappa shape index (κ2) is 8.89. The molecule has 2 aromatic carbocycles. The summed E-state index contributed by atoms with van der Waals surface area (Å²) in [5.41, 5.74) is 4.36. The second-order valence-corrected chi connectivity index (χ2v) is 6.34. The Kier molecular flexibility index (Phi) is 6.10. The third kappa shape index (κ3) is 4.88. The van der Waals surface area contributed by atoms with Crippen LogP contribution in [0.1, 0.15) is 12.5 Å². The van der Waals surface area contributed by atoms with Gasteiger partial charge in [0.25, 0.3) is 0 Å². The smallest absolute Gasteiger partial charge is 0.427 e. The molecule has 0 saturated carbocycles. The van der Waals surface area contributed by atoms with Gasteiger partial charge in [0.05, 0.1) is 19.9 Å². The number of aromatic nitrogens is 1. The monoisotopic (exact) mass is 365 g/mol. The summed E-state index contributed by atoms with van der Waals surface area (Å²) in [6, 6.07) is 17.9. The van der Waals surface area contributed by atoms with Crippen LogP contribution in [0.5, 0.6) is 5.75 Å². The summed E-state index contributed by atoms with van der Waals surface area (Å²) in [6.45, 7) is 3.60. The van der Waals surface area contributed by atoms with Gasteiger partial charge in [-0.05, 0) is 18.2 Å². The molecule has 0 bridgehead atoms. The molecule has 1 aromatic heterocycles. The van der Waals surface area contributed by atoms with Gasteiger partial charge in [-0.2, -0.15) is 5.10 Å². The van der Waals surface area contributed by atoms with Crippen molar-refractivity contribution >= 4 is 23.2 Å². The quantitative estimate of drug-likeness (QED) is 0.507. The summed E-state index contributed by atoms with van der Waals surface area (Å²) >= 11 is 0. The molecule has 1 heterocycles. The van der Waals surface area contributed by atoms with Crippen LogP contribution in [0.3, 0.4) is 0 Å². The average molecular weight is 365 g/mol. The van der Waals surface area contributed by atoms with E-state index >= 15 is 0 Å². The number of hydrogen-bond donors (Lipinski definition) is 1. The number of benzene rings is 2. The van der Waals surface area contributed by atoms with Gasteiger partial charge < -0.3 is 14.0 Å². The highest BCUT2D eigenvalue weighted by molar-refractivity contribution is 5.99. The Morgan fingerprint density at radius 1 is 1.19 bits per heavy atom. The number of hydrogen-bond acceptors (Lipinski definition) is 4. The molecule has 0 aliphatic carbocycles. The lowest BCUT2D eigenvalue weighted by atomic mass is 10.2. The maximum absolute atomic E-state index is 11.1. The maximum atomic E-state index is 11.1. The lowest BCUT2D eigenvalue weighted by molar-refractivity contribution is 0.171. The van der Waals surface area contributed by atoms with Crippen LogP contribution in [0.25, 0.3) is 10.9 Å². The molecular weight excluding hydrogens is 342 g/mol. The van der Waals surface area contributed by atoms with Crippen molar-refractivity contribution in [2.45, 2.75) is 13.5 Å². The molecule has 0 radical (unpaired) electrons. The minimum absolute atomic E-state index is 0.319. The van der Waals surface area contributed by atoms with Crippen LogP contribution in [0, 0.1) is 5.92 Å². The molecule has 0 aliphatic heterocycles. The first kappa shape index (κ1) is 18.5. The standard InChI is InChI=1S/C21H23N3O3/c1-16(15-27-18-8-4-3-5-9-18)13-24-14-17(12-22-23-21(25)26-2)19-10-6-7-11-20(19)24/h3-12,14,16H,13,15H2,1-2H3,(H,23,25)/b22-12-/t16-/m0/s1. The van der Waals surface area contributed by atoms with Crippen LogP contribution in [0.4, 0.5) is 4.79 Å². The summed E-state index contributed by atoms with van der Waals surface area (Å²) < 4.78 is 12.6. The zero-order chi connectivity index (χ0) is 19.1. The SMILES string of the molecule is COC(=O)N/N=C\c1cn(C[C@H](C)COc2ccccc2)c2ccccc12. The number of amides is 1. The molecule has 1 amide bonds. The van der Waals surface area contributed by atoms with Gasteiger partial charge in [-0.25, -0.2) is 10.2 Å². The van der Waals surface area contributed by atoms with Crippen LogP contribution >= 0.6 is 0 Å². The van der Waals surface area contributed by atoms with Gasteiger partial charge in [0, 0.05) is 35.1 Å². The number of nitrogens with zero attached hydrogens (tertiary/aromatic N) is 2. The molecule has 140 valence electrons. The molecule has 0 fully saturated rings. The van der Waals surface area contributed by atoms with E-state index in [2.05, 4.69) is 32.8 Å². The van der Waals surface area contributed by atoms with E-state index in [0.29, 0.717) is 12.5 Å². The molecule has 1 atom stereocenters. The number of carbonyl (C=O) groups excluding carboxylic acids is 1. The molecule has 0 saturated heterocycles. The summed E-state index contributed by atoms with van der Waals surface area (Å²) in [5, 5.41) is 5.02. The van der Waals surface area contributed by atoms with Crippen molar-refractivity contribution in [2.24, 2.45) is 11.0 Å². The second-order valence-electron chi connectivity index (χ2n) is 6.34. The van der Waals surface area contributed by atoms with Crippen LogP contribution in [-0.4, -0.2) is 30.6 Å². The fourth-order valence-electron chi connectivity index (χ4n) is 2.87. The van der Waals surface area contributed by atoms with Crippen LogP contribution < -0.4 is 10.2 Å². The van der Waals surface area contributed by atoms with E-state index in [9.17, 15) is 4.79 Å². The first-order valence-electron chi connectivity index (χ1n) is 8.80. The summed E-state index contributed by atoms with van der Waals surface area (Å²) in [5.74, 6) is 1.20. The average Bonchev–Trinajstić information content (AvgIpc) is 3.04. The van der Waals surface area contributed by atoms with Crippen molar-refractivity contribution in [3.8, 4) is 5.75 Å². The summed E-state index contributed by atoms with van der Waals surface area (Å²) in [6.07, 6.45) is 3.06. The number of rotatable bonds is 7. The van der Waals surface area contributed by atoms with Gasteiger partial charge in [0.1, 0.15) is 5.75 Å². The maximum Gasteiger partial charge on any atom is 0.427 e. The molecule has 27 heavy (non-hydrogen) atoms. The highest BCUT2D eigenvalue weighted by atomic mass is 16.5. The third-order valence-electron chi connectivity index (χ3n) is 4.15. The number of carbonyl (C=O) groups is 1. The van der Waals surface area contributed by atoms with Crippen LogP contribution in [0.2, 0.25) is 0 Å². The van der Waals surface area contributed by atoms with E-state index < -0.39 is 6.09 Å². The van der Waals surface area contributed by atoms with Crippen molar-refractivity contribution in [2.75, 3.05) is 13.7 Å². The fraction of sp³-hybridized carbons (Fsp3) is 0.238. The van der Waals surface area contributed by atoms with E-state index in [0.717, 1.165) is 28.8 Å². The molecule has 6 nitrogen and oxygen atoms in total. The van der Waals surface area contributed by atoms with Gasteiger partial charge in [0.15, 0.2) is 0 Å². The molecule has 3 rings (SSSR count). The normalized spacial score (nSPS) is 12.2. The molecule has 1 N–H and O–H groups in total. The Bertz CT molecular complexity index is 919. The van der Waals surface area contributed by atoms with Crippen molar-refractivity contribution in [1.82, 2.24) is 9.99 Å². The van der Waals surface area contributed by atoms with E-state index in [1.165, 1.54) is 7.11 Å². The van der Waals surface area contributed by atoms with Crippen LogP contribution in [0.15, 0.2) is 65.9 Å². The number of ether oxygens (including phenoxy) is 2. The lowest BCUT2D eigenvalue weighted by Gasteiger charge is -2.14. The number of para-hydroxylation sites is 2.